The van der Waals surface area contributed by atoms with Crippen molar-refractivity contribution in [1.29, 1.82) is 0 Å². The molecule has 0 saturated heterocycles. The minimum Gasteiger partial charge on any atom is -0.456 e. The summed E-state index contributed by atoms with van der Waals surface area (Å²) in [6.07, 6.45) is 1.75. The molecule has 0 aliphatic heterocycles. The highest BCUT2D eigenvalue weighted by atomic mass is 35.5. The molecule has 0 aliphatic rings. The second-order valence-corrected chi connectivity index (χ2v) is 3.26. The first kappa shape index (κ1) is 12.4. The number of carbonyl (C=O) groups is 2. The lowest BCUT2D eigenvalue weighted by Crippen LogP contribution is -2.20. The van der Waals surface area contributed by atoms with Crippen molar-refractivity contribution in [1.82, 2.24) is 4.98 Å². The van der Waals surface area contributed by atoms with Gasteiger partial charge in [-0.2, -0.15) is 0 Å². The molecule has 5 nitrogen and oxygen atoms in total. The van der Waals surface area contributed by atoms with Gasteiger partial charge >= 0.3 is 5.97 Å². The Balaban J connectivity index is 2.46. The number of nitrogens with zero attached hydrogens (tertiary/aromatic N) is 1. The van der Waals surface area contributed by atoms with Gasteiger partial charge in [0, 0.05) is 12.6 Å². The van der Waals surface area contributed by atoms with Gasteiger partial charge < -0.3 is 10.1 Å². The summed E-state index contributed by atoms with van der Waals surface area (Å²) >= 11 is 5.72. The predicted octanol–water partition coefficient (Wildman–Crippen LogP) is 1.63. The predicted molar refractivity (Wildman–Crippen MR) is 59.1 cm³/mol. The third-order valence-electron chi connectivity index (χ3n) is 1.69. The number of halogens is 1. The SMILES string of the molecule is CCC(=O)OCC(=O)Nc1cccnc1Cl. The van der Waals surface area contributed by atoms with Gasteiger partial charge in [0.1, 0.15) is 0 Å². The van der Waals surface area contributed by atoms with E-state index in [9.17, 15) is 9.59 Å². The molecule has 0 aliphatic carbocycles. The zero-order valence-electron chi connectivity index (χ0n) is 8.70. The van der Waals surface area contributed by atoms with Crippen molar-refractivity contribution in [2.45, 2.75) is 13.3 Å². The maximum Gasteiger partial charge on any atom is 0.306 e. The van der Waals surface area contributed by atoms with Crippen molar-refractivity contribution in [3.8, 4) is 0 Å². The molecule has 0 aromatic carbocycles. The summed E-state index contributed by atoms with van der Waals surface area (Å²) in [7, 11) is 0. The van der Waals surface area contributed by atoms with Gasteiger partial charge in [-0.1, -0.05) is 18.5 Å². The lowest BCUT2D eigenvalue weighted by atomic mass is 10.4. The van der Waals surface area contributed by atoms with E-state index >= 15 is 0 Å². The highest BCUT2D eigenvalue weighted by Crippen LogP contribution is 2.16. The summed E-state index contributed by atoms with van der Waals surface area (Å²) in [6.45, 7) is 1.33. The number of rotatable bonds is 4. The molecule has 1 aromatic rings. The van der Waals surface area contributed by atoms with Gasteiger partial charge in [0.15, 0.2) is 11.8 Å². The van der Waals surface area contributed by atoms with E-state index in [4.69, 9.17) is 11.6 Å². The average Bonchev–Trinajstić information content (AvgIpc) is 2.29. The van der Waals surface area contributed by atoms with Crippen LogP contribution in [0.25, 0.3) is 0 Å². The monoisotopic (exact) mass is 242 g/mol. The van der Waals surface area contributed by atoms with Crippen molar-refractivity contribution in [2.75, 3.05) is 11.9 Å². The molecule has 1 heterocycles. The summed E-state index contributed by atoms with van der Waals surface area (Å²) in [5.41, 5.74) is 0.390. The summed E-state index contributed by atoms with van der Waals surface area (Å²) < 4.78 is 4.65. The number of amides is 1. The first-order chi connectivity index (χ1) is 7.63. The third kappa shape index (κ3) is 3.86. The van der Waals surface area contributed by atoms with E-state index in [-0.39, 0.29) is 18.2 Å². The number of ether oxygens (including phenoxy) is 1. The summed E-state index contributed by atoms with van der Waals surface area (Å²) in [5.74, 6) is -0.871. The Hall–Kier alpha value is -1.62. The second kappa shape index (κ2) is 6.07. The maximum absolute atomic E-state index is 11.3. The molecule has 0 fully saturated rings. The number of hydrogen-bond acceptors (Lipinski definition) is 4. The lowest BCUT2D eigenvalue weighted by molar-refractivity contribution is -0.146. The van der Waals surface area contributed by atoms with Crippen molar-refractivity contribution in [2.24, 2.45) is 0 Å². The molecule has 0 atom stereocenters. The fourth-order valence-corrected chi connectivity index (χ4v) is 1.08. The van der Waals surface area contributed by atoms with Crippen LogP contribution in [0.5, 0.6) is 0 Å². The van der Waals surface area contributed by atoms with Gasteiger partial charge in [-0.3, -0.25) is 9.59 Å². The Morgan fingerprint density at radius 3 is 2.94 bits per heavy atom. The van der Waals surface area contributed by atoms with E-state index in [1.807, 2.05) is 0 Å². The molecule has 0 spiro atoms. The van der Waals surface area contributed by atoms with E-state index in [1.165, 1.54) is 6.20 Å². The summed E-state index contributed by atoms with van der Waals surface area (Å²) in [5, 5.41) is 2.67. The van der Waals surface area contributed by atoms with E-state index in [0.29, 0.717) is 5.69 Å². The highest BCUT2D eigenvalue weighted by molar-refractivity contribution is 6.32. The number of anilines is 1. The van der Waals surface area contributed by atoms with Crippen LogP contribution >= 0.6 is 11.6 Å². The lowest BCUT2D eigenvalue weighted by Gasteiger charge is -2.06. The number of pyridine rings is 1. The number of carbonyl (C=O) groups excluding carboxylic acids is 2. The molecule has 0 bridgehead atoms. The van der Waals surface area contributed by atoms with Crippen LogP contribution in [0.4, 0.5) is 5.69 Å². The van der Waals surface area contributed by atoms with Crippen LogP contribution in [-0.2, 0) is 14.3 Å². The molecule has 0 saturated carbocycles. The molecular weight excluding hydrogens is 232 g/mol. The van der Waals surface area contributed by atoms with Crippen molar-refractivity contribution in [3.05, 3.63) is 23.5 Å². The topological polar surface area (TPSA) is 68.3 Å². The van der Waals surface area contributed by atoms with Crippen LogP contribution < -0.4 is 5.32 Å². The Labute approximate surface area is 97.8 Å². The standard InChI is InChI=1S/C10H11ClN2O3/c1-2-9(15)16-6-8(14)13-7-4-3-5-12-10(7)11/h3-5H,2,6H2,1H3,(H,13,14). The minimum absolute atomic E-state index is 0.192. The first-order valence-electron chi connectivity index (χ1n) is 4.69. The van der Waals surface area contributed by atoms with Crippen molar-refractivity contribution < 1.29 is 14.3 Å². The van der Waals surface area contributed by atoms with Gasteiger partial charge in [0.05, 0.1) is 5.69 Å². The van der Waals surface area contributed by atoms with Crippen LogP contribution in [0, 0.1) is 0 Å². The van der Waals surface area contributed by atoms with E-state index in [1.54, 1.807) is 19.1 Å². The quantitative estimate of drug-likeness (QED) is 0.644. The van der Waals surface area contributed by atoms with Crippen molar-refractivity contribution >= 4 is 29.2 Å². The van der Waals surface area contributed by atoms with Crippen LogP contribution in [-0.4, -0.2) is 23.5 Å². The summed E-state index contributed by atoms with van der Waals surface area (Å²) in [6, 6.07) is 3.24. The first-order valence-corrected chi connectivity index (χ1v) is 5.07. The molecule has 0 unspecified atom stereocenters. The van der Waals surface area contributed by atoms with Crippen LogP contribution in [0.3, 0.4) is 0 Å². The number of aromatic nitrogens is 1. The Kier molecular flexibility index (Phi) is 4.72. The Morgan fingerprint density at radius 1 is 1.56 bits per heavy atom. The highest BCUT2D eigenvalue weighted by Gasteiger charge is 2.08. The number of hydrogen-bond donors (Lipinski definition) is 1. The van der Waals surface area contributed by atoms with E-state index < -0.39 is 11.9 Å². The van der Waals surface area contributed by atoms with Gasteiger partial charge in [-0.25, -0.2) is 4.98 Å². The molecule has 86 valence electrons. The van der Waals surface area contributed by atoms with Gasteiger partial charge in [-0.05, 0) is 12.1 Å². The normalized spacial score (nSPS) is 9.62. The van der Waals surface area contributed by atoms with E-state index in [0.717, 1.165) is 0 Å². The van der Waals surface area contributed by atoms with Crippen LogP contribution in [0.1, 0.15) is 13.3 Å². The molecule has 1 aromatic heterocycles. The van der Waals surface area contributed by atoms with Crippen molar-refractivity contribution in [3.63, 3.8) is 0 Å². The van der Waals surface area contributed by atoms with Crippen LogP contribution in [0.2, 0.25) is 5.15 Å². The molecule has 0 radical (unpaired) electrons. The molecule has 1 amide bonds. The zero-order chi connectivity index (χ0) is 12.0. The number of esters is 1. The Bertz CT molecular complexity index is 395. The largest absolute Gasteiger partial charge is 0.456 e. The fourth-order valence-electron chi connectivity index (χ4n) is 0.914. The van der Waals surface area contributed by atoms with Gasteiger partial charge in [0.2, 0.25) is 0 Å². The van der Waals surface area contributed by atoms with E-state index in [2.05, 4.69) is 15.0 Å². The van der Waals surface area contributed by atoms with Crippen LogP contribution in [0.15, 0.2) is 18.3 Å². The molecule has 16 heavy (non-hydrogen) atoms. The fraction of sp³-hybridized carbons (Fsp3) is 0.300. The summed E-state index contributed by atoms with van der Waals surface area (Å²) in [4.78, 5) is 25.9. The maximum atomic E-state index is 11.3. The average molecular weight is 243 g/mol. The number of nitrogens with one attached hydrogen (secondary N) is 1. The molecule has 1 N–H and O–H groups in total. The smallest absolute Gasteiger partial charge is 0.306 e. The third-order valence-corrected chi connectivity index (χ3v) is 1.99. The second-order valence-electron chi connectivity index (χ2n) is 2.90. The molecular formula is C10H11ClN2O3. The van der Waals surface area contributed by atoms with Gasteiger partial charge in [0.25, 0.3) is 5.91 Å². The zero-order valence-corrected chi connectivity index (χ0v) is 9.45. The molecule has 1 rings (SSSR count). The minimum atomic E-state index is -0.448. The van der Waals surface area contributed by atoms with Gasteiger partial charge in [-0.15, -0.1) is 0 Å². The Morgan fingerprint density at radius 2 is 2.31 bits per heavy atom. The molecule has 6 heteroatoms.